The third-order valence-corrected chi connectivity index (χ3v) is 6.28. The molecule has 6 nitrogen and oxygen atoms in total. The highest BCUT2D eigenvalue weighted by Crippen LogP contribution is 2.41. The summed E-state index contributed by atoms with van der Waals surface area (Å²) in [5, 5.41) is 3.44. The first-order valence-corrected chi connectivity index (χ1v) is 10.8. The minimum Gasteiger partial charge on any atom is -0.497 e. The van der Waals surface area contributed by atoms with Crippen molar-refractivity contribution in [3.05, 3.63) is 27.0 Å². The van der Waals surface area contributed by atoms with E-state index >= 15 is 0 Å². The van der Waals surface area contributed by atoms with E-state index in [9.17, 15) is 0 Å². The number of aliphatic imine (C=N–C) groups is 1. The molecule has 1 aliphatic heterocycles. The second kappa shape index (κ2) is 9.07. The Morgan fingerprint density at radius 2 is 2.07 bits per heavy atom. The largest absolute Gasteiger partial charge is 0.497 e. The van der Waals surface area contributed by atoms with E-state index in [2.05, 4.69) is 24.1 Å². The summed E-state index contributed by atoms with van der Waals surface area (Å²) in [6.07, 6.45) is 2.31. The van der Waals surface area contributed by atoms with Crippen LogP contribution in [0.2, 0.25) is 0 Å². The van der Waals surface area contributed by atoms with Gasteiger partial charge in [0.1, 0.15) is 29.3 Å². The molecule has 3 rings (SSSR count). The molecule has 0 aliphatic carbocycles. The molecule has 1 atom stereocenters. The Hall–Kier alpha value is -1.90. The van der Waals surface area contributed by atoms with Crippen molar-refractivity contribution in [1.82, 2.24) is 9.47 Å². The fourth-order valence-electron chi connectivity index (χ4n) is 3.38. The van der Waals surface area contributed by atoms with Gasteiger partial charge in [-0.3, -0.25) is 9.47 Å². The number of unbranched alkanes of at least 4 members (excludes halogenated alkanes) is 1. The lowest BCUT2D eigenvalue weighted by molar-refractivity contribution is 0.213. The molecule has 1 N–H and O–H groups in total. The molecule has 0 amide bonds. The molecule has 0 fully saturated rings. The van der Waals surface area contributed by atoms with Crippen LogP contribution in [-0.2, 0) is 0 Å². The Morgan fingerprint density at radius 1 is 1.29 bits per heavy atom. The van der Waals surface area contributed by atoms with Gasteiger partial charge in [-0.05, 0) is 44.2 Å². The molecule has 2 aromatic rings. The summed E-state index contributed by atoms with van der Waals surface area (Å²) < 4.78 is 13.8. The predicted molar refractivity (Wildman–Crippen MR) is 119 cm³/mol. The summed E-state index contributed by atoms with van der Waals surface area (Å²) in [7, 11) is 3.31. The molecule has 8 heteroatoms. The number of thiazole rings is 1. The number of methoxy groups -OCH3 is 2. The predicted octanol–water partition coefficient (Wildman–Crippen LogP) is 5.25. The first-order valence-electron chi connectivity index (χ1n) is 9.57. The molecule has 0 saturated heterocycles. The number of anilines is 1. The molecule has 152 valence electrons. The maximum absolute atomic E-state index is 5.76. The molecule has 0 bridgehead atoms. The molecule has 1 unspecified atom stereocenters. The highest BCUT2D eigenvalue weighted by atomic mass is 32.1. The number of hydrogen-bond acceptors (Lipinski definition) is 7. The Balaban J connectivity index is 2.11. The van der Waals surface area contributed by atoms with Gasteiger partial charge in [-0.1, -0.05) is 20.3 Å². The van der Waals surface area contributed by atoms with E-state index in [1.807, 2.05) is 29.7 Å². The lowest BCUT2D eigenvalue weighted by Crippen LogP contribution is -2.32. The van der Waals surface area contributed by atoms with E-state index in [4.69, 9.17) is 26.7 Å². The number of nitrogens with one attached hydrogen (secondary N) is 1. The monoisotopic (exact) mass is 420 g/mol. The van der Waals surface area contributed by atoms with Crippen molar-refractivity contribution in [2.45, 2.75) is 39.8 Å². The standard InChI is InChI=1S/C20H28N4O2S2/c1-6-8-11-23(7-2)18-17-19(22-13(3)21-18)24(20(27)28-17)15-10-9-14(25-4)12-16(15)26-5/h9-10,12,18H,6-8,11H2,1-5H3,(H,21,22). The number of aromatic nitrogens is 1. The number of nitrogens with zero attached hydrogens (tertiary/aromatic N) is 3. The Bertz CT molecular complexity index is 919. The highest BCUT2D eigenvalue weighted by Gasteiger charge is 2.30. The number of benzene rings is 1. The first kappa shape index (κ1) is 20.8. The van der Waals surface area contributed by atoms with Crippen LogP contribution >= 0.6 is 23.6 Å². The number of fused-ring (bicyclic) bond motifs is 1. The average Bonchev–Trinajstić information content (AvgIpc) is 3.03. The van der Waals surface area contributed by atoms with E-state index in [-0.39, 0.29) is 6.17 Å². The lowest BCUT2D eigenvalue weighted by atomic mass is 10.2. The minimum absolute atomic E-state index is 0.00927. The van der Waals surface area contributed by atoms with E-state index in [0.717, 1.165) is 57.9 Å². The SMILES string of the molecule is CCCCN(CC)C1N=C(C)Nc2c1sc(=S)n2-c1ccc(OC)cc1OC. The van der Waals surface area contributed by atoms with Crippen LogP contribution in [0.5, 0.6) is 11.5 Å². The zero-order chi connectivity index (χ0) is 20.3. The van der Waals surface area contributed by atoms with Crippen molar-refractivity contribution in [3.8, 4) is 17.2 Å². The van der Waals surface area contributed by atoms with Gasteiger partial charge in [0.2, 0.25) is 0 Å². The third-order valence-electron chi connectivity index (χ3n) is 4.87. The topological polar surface area (TPSA) is 51.0 Å². The van der Waals surface area contributed by atoms with E-state index < -0.39 is 0 Å². The normalized spacial score (nSPS) is 15.8. The van der Waals surface area contributed by atoms with Crippen molar-refractivity contribution < 1.29 is 9.47 Å². The van der Waals surface area contributed by atoms with Crippen LogP contribution in [0.15, 0.2) is 23.2 Å². The molecular formula is C20H28N4O2S2. The van der Waals surface area contributed by atoms with Crippen LogP contribution in [0.3, 0.4) is 0 Å². The molecular weight excluding hydrogens is 392 g/mol. The van der Waals surface area contributed by atoms with Gasteiger partial charge in [-0.2, -0.15) is 0 Å². The second-order valence-electron chi connectivity index (χ2n) is 6.65. The van der Waals surface area contributed by atoms with Crippen LogP contribution in [0, 0.1) is 3.95 Å². The van der Waals surface area contributed by atoms with Crippen LogP contribution in [0.1, 0.15) is 44.7 Å². The molecule has 1 aliphatic rings. The van der Waals surface area contributed by atoms with Gasteiger partial charge in [-0.25, -0.2) is 4.99 Å². The van der Waals surface area contributed by atoms with Crippen molar-refractivity contribution in [3.63, 3.8) is 0 Å². The summed E-state index contributed by atoms with van der Waals surface area (Å²) >= 11 is 7.37. The van der Waals surface area contributed by atoms with E-state index in [1.54, 1.807) is 25.6 Å². The maximum atomic E-state index is 5.76. The van der Waals surface area contributed by atoms with Crippen molar-refractivity contribution >= 4 is 35.2 Å². The van der Waals surface area contributed by atoms with Gasteiger partial charge in [0.15, 0.2) is 3.95 Å². The zero-order valence-electron chi connectivity index (χ0n) is 17.1. The minimum atomic E-state index is -0.00927. The summed E-state index contributed by atoms with van der Waals surface area (Å²) in [4.78, 5) is 8.45. The van der Waals surface area contributed by atoms with Gasteiger partial charge in [-0.15, -0.1) is 11.3 Å². The fourth-order valence-corrected chi connectivity index (χ4v) is 4.85. The van der Waals surface area contributed by atoms with Crippen LogP contribution in [0.25, 0.3) is 5.69 Å². The molecule has 28 heavy (non-hydrogen) atoms. The van der Waals surface area contributed by atoms with Gasteiger partial charge >= 0.3 is 0 Å². The zero-order valence-corrected chi connectivity index (χ0v) is 18.7. The summed E-state index contributed by atoms with van der Waals surface area (Å²) in [5.41, 5.74) is 0.892. The van der Waals surface area contributed by atoms with Gasteiger partial charge in [0.05, 0.1) is 24.8 Å². The van der Waals surface area contributed by atoms with Gasteiger partial charge in [0, 0.05) is 12.6 Å². The molecule has 1 aromatic heterocycles. The summed E-state index contributed by atoms with van der Waals surface area (Å²) in [6, 6.07) is 5.78. The number of ether oxygens (including phenoxy) is 2. The van der Waals surface area contributed by atoms with Crippen LogP contribution in [0.4, 0.5) is 5.82 Å². The number of rotatable bonds is 8. The van der Waals surface area contributed by atoms with Crippen molar-refractivity contribution in [1.29, 1.82) is 0 Å². The summed E-state index contributed by atoms with van der Waals surface area (Å²) in [6.45, 7) is 8.36. The number of amidine groups is 1. The van der Waals surface area contributed by atoms with E-state index in [0.29, 0.717) is 5.75 Å². The fraction of sp³-hybridized carbons (Fsp3) is 0.500. The molecule has 1 aromatic carbocycles. The molecule has 0 saturated carbocycles. The number of hydrogen-bond donors (Lipinski definition) is 1. The Labute approximate surface area is 175 Å². The van der Waals surface area contributed by atoms with E-state index in [1.165, 1.54) is 0 Å². The van der Waals surface area contributed by atoms with Gasteiger partial charge < -0.3 is 14.8 Å². The third kappa shape index (κ3) is 3.94. The Morgan fingerprint density at radius 3 is 2.71 bits per heavy atom. The Kier molecular flexibility index (Phi) is 6.74. The molecule has 0 spiro atoms. The van der Waals surface area contributed by atoms with Gasteiger partial charge in [0.25, 0.3) is 0 Å². The molecule has 2 heterocycles. The van der Waals surface area contributed by atoms with Crippen molar-refractivity contribution in [2.24, 2.45) is 4.99 Å². The second-order valence-corrected chi connectivity index (χ2v) is 8.33. The average molecular weight is 421 g/mol. The highest BCUT2D eigenvalue weighted by molar-refractivity contribution is 7.73. The first-order chi connectivity index (χ1) is 13.5. The quantitative estimate of drug-likeness (QED) is 0.591. The maximum Gasteiger partial charge on any atom is 0.167 e. The van der Waals surface area contributed by atoms with Crippen molar-refractivity contribution in [2.75, 3.05) is 32.6 Å². The van der Waals surface area contributed by atoms with Crippen LogP contribution < -0.4 is 14.8 Å². The molecule has 0 radical (unpaired) electrons. The lowest BCUT2D eigenvalue weighted by Gasteiger charge is -2.31. The smallest absolute Gasteiger partial charge is 0.167 e. The summed E-state index contributed by atoms with van der Waals surface area (Å²) in [5.74, 6) is 3.33. The van der Waals surface area contributed by atoms with Crippen LogP contribution in [-0.4, -0.2) is 42.6 Å².